The highest BCUT2D eigenvalue weighted by molar-refractivity contribution is 5.90. The van der Waals surface area contributed by atoms with Crippen LogP contribution in [0, 0.1) is 0 Å². The van der Waals surface area contributed by atoms with Gasteiger partial charge in [0.1, 0.15) is 6.61 Å². The van der Waals surface area contributed by atoms with Crippen molar-refractivity contribution >= 4 is 6.21 Å². The molecule has 0 spiro atoms. The first-order valence-corrected chi connectivity index (χ1v) is 8.78. The summed E-state index contributed by atoms with van der Waals surface area (Å²) in [5, 5.41) is 0. The average Bonchev–Trinajstić information content (AvgIpc) is 2.95. The molecule has 2 aliphatic rings. The minimum atomic E-state index is -0.462. The van der Waals surface area contributed by atoms with E-state index in [0.717, 1.165) is 0 Å². The predicted molar refractivity (Wildman–Crippen MR) is 99.8 cm³/mol. The standard InChI is InChI=1S/C23H20NO/c1-23-21-14-8-7-13-20(21)19-12-6-5-11-18(19)15-24(23)22(16-25-23)17-9-3-2-4-10-17/h2-15,22H,16H2,1H3/q+1/t22-,23-/m0/s1. The van der Waals surface area contributed by atoms with E-state index in [9.17, 15) is 0 Å². The topological polar surface area (TPSA) is 12.2 Å². The third-order valence-electron chi connectivity index (χ3n) is 5.49. The van der Waals surface area contributed by atoms with Crippen molar-refractivity contribution in [1.82, 2.24) is 0 Å². The largest absolute Gasteiger partial charge is 0.308 e. The van der Waals surface area contributed by atoms with Gasteiger partial charge >= 0.3 is 0 Å². The Bertz CT molecular complexity index is 976. The third kappa shape index (κ3) is 2.11. The van der Waals surface area contributed by atoms with Gasteiger partial charge in [-0.2, -0.15) is 4.58 Å². The van der Waals surface area contributed by atoms with Crippen molar-refractivity contribution in [2.24, 2.45) is 0 Å². The van der Waals surface area contributed by atoms with Crippen LogP contribution in [0.4, 0.5) is 0 Å². The zero-order valence-electron chi connectivity index (χ0n) is 14.2. The van der Waals surface area contributed by atoms with Crippen LogP contribution in [-0.2, 0) is 10.5 Å². The van der Waals surface area contributed by atoms with Gasteiger partial charge in [0.05, 0.1) is 5.56 Å². The van der Waals surface area contributed by atoms with Crippen molar-refractivity contribution in [2.75, 3.05) is 6.61 Å². The molecule has 0 amide bonds. The van der Waals surface area contributed by atoms with E-state index < -0.39 is 5.72 Å². The second-order valence-electron chi connectivity index (χ2n) is 6.89. The lowest BCUT2D eigenvalue weighted by molar-refractivity contribution is -0.651. The molecule has 2 atom stereocenters. The normalized spacial score (nSPS) is 23.9. The molecule has 2 nitrogen and oxygen atoms in total. The van der Waals surface area contributed by atoms with Crippen molar-refractivity contribution in [3.8, 4) is 11.1 Å². The Labute approximate surface area is 148 Å². The molecule has 0 aliphatic carbocycles. The molecule has 2 aliphatic heterocycles. The number of nitrogens with zero attached hydrogens (tertiary/aromatic N) is 1. The highest BCUT2D eigenvalue weighted by Crippen LogP contribution is 2.45. The molecule has 0 radical (unpaired) electrons. The Morgan fingerprint density at radius 2 is 1.52 bits per heavy atom. The molecular weight excluding hydrogens is 306 g/mol. The van der Waals surface area contributed by atoms with Crippen molar-refractivity contribution in [1.29, 1.82) is 0 Å². The molecule has 0 unspecified atom stereocenters. The molecule has 122 valence electrons. The minimum absolute atomic E-state index is 0.213. The van der Waals surface area contributed by atoms with Gasteiger partial charge < -0.3 is 4.74 Å². The van der Waals surface area contributed by atoms with Crippen molar-refractivity contribution < 1.29 is 9.31 Å². The van der Waals surface area contributed by atoms with Crippen LogP contribution in [0.25, 0.3) is 11.1 Å². The van der Waals surface area contributed by atoms with Crippen LogP contribution in [0.2, 0.25) is 0 Å². The number of hydrogen-bond donors (Lipinski definition) is 0. The maximum absolute atomic E-state index is 6.44. The van der Waals surface area contributed by atoms with Crippen molar-refractivity contribution in [3.63, 3.8) is 0 Å². The number of fused-ring (bicyclic) bond motifs is 5. The highest BCUT2D eigenvalue weighted by Gasteiger charge is 2.52. The van der Waals surface area contributed by atoms with Crippen molar-refractivity contribution in [3.05, 3.63) is 95.6 Å². The first-order chi connectivity index (χ1) is 12.3. The van der Waals surface area contributed by atoms with E-state index >= 15 is 0 Å². The molecule has 0 aromatic heterocycles. The first-order valence-electron chi connectivity index (χ1n) is 8.78. The molecule has 0 bridgehead atoms. The fourth-order valence-electron chi connectivity index (χ4n) is 4.18. The Balaban J connectivity index is 1.79. The van der Waals surface area contributed by atoms with Crippen LogP contribution in [-0.4, -0.2) is 17.4 Å². The smallest absolute Gasteiger partial charge is 0.292 e. The van der Waals surface area contributed by atoms with Gasteiger partial charge in [0, 0.05) is 18.1 Å². The predicted octanol–water partition coefficient (Wildman–Crippen LogP) is 4.74. The molecule has 1 saturated heterocycles. The van der Waals surface area contributed by atoms with Gasteiger partial charge in [-0.25, -0.2) is 0 Å². The number of hydrogen-bond acceptors (Lipinski definition) is 1. The van der Waals surface area contributed by atoms with Crippen LogP contribution in [0.15, 0.2) is 78.9 Å². The molecule has 0 N–H and O–H groups in total. The zero-order valence-corrected chi connectivity index (χ0v) is 14.2. The summed E-state index contributed by atoms with van der Waals surface area (Å²) in [7, 11) is 0. The van der Waals surface area contributed by atoms with E-state index in [1.54, 1.807) is 0 Å². The molecule has 2 heterocycles. The number of ether oxygens (including phenoxy) is 1. The Morgan fingerprint density at radius 3 is 2.36 bits per heavy atom. The summed E-state index contributed by atoms with van der Waals surface area (Å²) in [6.07, 6.45) is 2.28. The van der Waals surface area contributed by atoms with E-state index in [4.69, 9.17) is 4.74 Å². The fraction of sp³-hybridized carbons (Fsp3) is 0.174. The molecule has 0 saturated carbocycles. The van der Waals surface area contributed by atoms with Gasteiger partial charge in [-0.15, -0.1) is 0 Å². The molecule has 3 aromatic rings. The fourth-order valence-corrected chi connectivity index (χ4v) is 4.18. The molecule has 25 heavy (non-hydrogen) atoms. The summed E-state index contributed by atoms with van der Waals surface area (Å²) in [4.78, 5) is 0. The van der Waals surface area contributed by atoms with Gasteiger partial charge in [-0.1, -0.05) is 66.7 Å². The number of benzene rings is 3. The van der Waals surface area contributed by atoms with E-state index in [2.05, 4.69) is 96.6 Å². The third-order valence-corrected chi connectivity index (χ3v) is 5.49. The molecule has 3 aromatic carbocycles. The summed E-state index contributed by atoms with van der Waals surface area (Å²) < 4.78 is 8.84. The lowest BCUT2D eigenvalue weighted by atomic mass is 9.92. The van der Waals surface area contributed by atoms with Gasteiger partial charge in [0.2, 0.25) is 6.04 Å². The van der Waals surface area contributed by atoms with Crippen LogP contribution in [0.3, 0.4) is 0 Å². The van der Waals surface area contributed by atoms with E-state index in [-0.39, 0.29) is 6.04 Å². The van der Waals surface area contributed by atoms with E-state index in [0.29, 0.717) is 6.61 Å². The molecular formula is C23H20NO+. The summed E-state index contributed by atoms with van der Waals surface area (Å²) in [6, 6.07) is 28.1. The average molecular weight is 326 g/mol. The van der Waals surface area contributed by atoms with Gasteiger partial charge in [-0.05, 0) is 23.3 Å². The van der Waals surface area contributed by atoms with E-state index in [1.807, 2.05) is 0 Å². The second-order valence-corrected chi connectivity index (χ2v) is 6.89. The maximum Gasteiger partial charge on any atom is 0.292 e. The van der Waals surface area contributed by atoms with Crippen LogP contribution < -0.4 is 0 Å². The summed E-state index contributed by atoms with van der Waals surface area (Å²) >= 11 is 0. The lowest BCUT2D eigenvalue weighted by Gasteiger charge is -2.22. The monoisotopic (exact) mass is 326 g/mol. The second kappa shape index (κ2) is 5.40. The minimum Gasteiger partial charge on any atom is -0.308 e. The Morgan fingerprint density at radius 1 is 0.840 bits per heavy atom. The van der Waals surface area contributed by atoms with Gasteiger partial charge in [-0.3, -0.25) is 0 Å². The Hall–Kier alpha value is -2.71. The quantitative estimate of drug-likeness (QED) is 0.588. The number of rotatable bonds is 1. The molecule has 1 fully saturated rings. The van der Waals surface area contributed by atoms with E-state index in [1.165, 1.54) is 27.8 Å². The molecule has 2 heteroatoms. The molecule has 5 rings (SSSR count). The summed E-state index contributed by atoms with van der Waals surface area (Å²) in [6.45, 7) is 2.88. The Kier molecular flexibility index (Phi) is 3.16. The maximum atomic E-state index is 6.44. The van der Waals surface area contributed by atoms with Crippen LogP contribution in [0.1, 0.15) is 29.7 Å². The van der Waals surface area contributed by atoms with Gasteiger partial charge in [0.15, 0.2) is 6.21 Å². The highest BCUT2D eigenvalue weighted by atomic mass is 16.5. The SMILES string of the molecule is C[C@@]12OC[C@@H](c3ccccc3)[N+]1=Cc1ccccc1-c1ccccc12. The summed E-state index contributed by atoms with van der Waals surface area (Å²) in [5.41, 5.74) is 5.83. The van der Waals surface area contributed by atoms with Crippen molar-refractivity contribution in [2.45, 2.75) is 18.7 Å². The lowest BCUT2D eigenvalue weighted by Crippen LogP contribution is -2.34. The first kappa shape index (κ1) is 14.6. The van der Waals surface area contributed by atoms with Crippen LogP contribution >= 0.6 is 0 Å². The van der Waals surface area contributed by atoms with Crippen LogP contribution in [0.5, 0.6) is 0 Å². The summed E-state index contributed by atoms with van der Waals surface area (Å²) in [5.74, 6) is 0. The van der Waals surface area contributed by atoms with Gasteiger partial charge in [0.25, 0.3) is 5.72 Å². The zero-order chi connectivity index (χ0) is 16.9.